The molecule has 9 heteroatoms. The molecule has 9 nitrogen and oxygen atoms in total. The van der Waals surface area contributed by atoms with Crippen molar-refractivity contribution in [2.24, 2.45) is 0 Å². The number of carbonyl (C=O) groups is 1. The van der Waals surface area contributed by atoms with Crippen molar-refractivity contribution in [3.8, 4) is 46.0 Å². The van der Waals surface area contributed by atoms with Crippen LogP contribution in [0.3, 0.4) is 0 Å². The zero-order valence-corrected chi connectivity index (χ0v) is 23.2. The van der Waals surface area contributed by atoms with Gasteiger partial charge in [-0.1, -0.05) is 24.3 Å². The normalized spacial score (nSPS) is 14.5. The Labute approximate surface area is 248 Å². The van der Waals surface area contributed by atoms with E-state index in [1.807, 2.05) is 30.3 Å². The van der Waals surface area contributed by atoms with Gasteiger partial charge in [-0.25, -0.2) is 0 Å². The van der Waals surface area contributed by atoms with Crippen molar-refractivity contribution in [2.75, 3.05) is 27.2 Å². The van der Waals surface area contributed by atoms with Crippen molar-refractivity contribution in [3.63, 3.8) is 0 Å². The summed E-state index contributed by atoms with van der Waals surface area (Å²) in [6.45, 7) is 1.09. The third-order valence-electron chi connectivity index (χ3n) is 7.29. The second-order valence-electron chi connectivity index (χ2n) is 10.1. The molecule has 0 N–H and O–H groups in total. The zero-order chi connectivity index (χ0) is 29.0. The van der Waals surface area contributed by atoms with Crippen LogP contribution < -0.4 is 37.9 Å². The summed E-state index contributed by atoms with van der Waals surface area (Å²) < 4.78 is 42.5. The van der Waals surface area contributed by atoms with Crippen LogP contribution in [0.2, 0.25) is 0 Å². The van der Waals surface area contributed by atoms with Gasteiger partial charge in [0.1, 0.15) is 0 Å². The zero-order valence-electron chi connectivity index (χ0n) is 23.2. The maximum Gasteiger partial charge on any atom is 0.231 e. The van der Waals surface area contributed by atoms with Crippen LogP contribution in [0.5, 0.6) is 46.0 Å². The first kappa shape index (κ1) is 26.6. The summed E-state index contributed by atoms with van der Waals surface area (Å²) in [6.07, 6.45) is 6.39. The average molecular weight is 581 g/mol. The van der Waals surface area contributed by atoms with Gasteiger partial charge >= 0.3 is 0 Å². The second kappa shape index (κ2) is 11.9. The lowest BCUT2D eigenvalue weighted by Crippen LogP contribution is -1.94. The van der Waals surface area contributed by atoms with Crippen molar-refractivity contribution >= 4 is 11.9 Å². The Morgan fingerprint density at radius 3 is 1.51 bits per heavy atom. The van der Waals surface area contributed by atoms with E-state index in [1.54, 1.807) is 24.3 Å². The second-order valence-corrected chi connectivity index (χ2v) is 10.1. The van der Waals surface area contributed by atoms with Crippen LogP contribution in [0, 0.1) is 0 Å². The van der Waals surface area contributed by atoms with E-state index < -0.39 is 0 Å². The fourth-order valence-electron chi connectivity index (χ4n) is 5.02. The van der Waals surface area contributed by atoms with E-state index in [2.05, 4.69) is 24.3 Å². The highest BCUT2D eigenvalue weighted by atomic mass is 16.7. The number of hydrogen-bond acceptors (Lipinski definition) is 9. The lowest BCUT2D eigenvalue weighted by molar-refractivity contribution is 0.104. The highest BCUT2D eigenvalue weighted by Crippen LogP contribution is 2.36. The Balaban J connectivity index is 0.000000140. The van der Waals surface area contributed by atoms with Crippen LogP contribution in [0.25, 0.3) is 6.08 Å². The Bertz CT molecular complexity index is 1640. The number of allylic oxidation sites excluding steroid dienone is 1. The van der Waals surface area contributed by atoms with Crippen molar-refractivity contribution in [2.45, 2.75) is 19.3 Å². The molecule has 43 heavy (non-hydrogen) atoms. The number of benzene rings is 4. The molecule has 4 aliphatic rings. The van der Waals surface area contributed by atoms with Gasteiger partial charge in [-0.15, -0.1) is 0 Å². The van der Waals surface area contributed by atoms with Crippen molar-refractivity contribution in [1.29, 1.82) is 0 Å². The maximum absolute atomic E-state index is 12.2. The van der Waals surface area contributed by atoms with Crippen LogP contribution in [-0.4, -0.2) is 33.0 Å². The molecule has 0 saturated heterocycles. The van der Waals surface area contributed by atoms with Crippen LogP contribution >= 0.6 is 0 Å². The van der Waals surface area contributed by atoms with Crippen LogP contribution in [-0.2, 0) is 12.8 Å². The largest absolute Gasteiger partial charge is 0.454 e. The van der Waals surface area contributed by atoms with Gasteiger partial charge in [-0.3, -0.25) is 4.79 Å². The molecular weight excluding hydrogens is 552 g/mol. The molecule has 0 saturated carbocycles. The number of rotatable bonds is 7. The Morgan fingerprint density at radius 1 is 0.512 bits per heavy atom. The smallest absolute Gasteiger partial charge is 0.231 e. The van der Waals surface area contributed by atoms with E-state index in [1.165, 1.54) is 17.2 Å². The Morgan fingerprint density at radius 2 is 0.953 bits per heavy atom. The molecule has 0 spiro atoms. The van der Waals surface area contributed by atoms with Gasteiger partial charge in [0.25, 0.3) is 0 Å². The lowest BCUT2D eigenvalue weighted by Gasteiger charge is -2.05. The number of ketones is 1. The van der Waals surface area contributed by atoms with E-state index in [-0.39, 0.29) is 19.4 Å². The summed E-state index contributed by atoms with van der Waals surface area (Å²) in [7, 11) is 0. The molecule has 4 aliphatic heterocycles. The minimum atomic E-state index is -0.101. The summed E-state index contributed by atoms with van der Waals surface area (Å²) >= 11 is 0. The van der Waals surface area contributed by atoms with Gasteiger partial charge in [0.2, 0.25) is 27.2 Å². The van der Waals surface area contributed by atoms with E-state index in [9.17, 15) is 4.79 Å². The summed E-state index contributed by atoms with van der Waals surface area (Å²) in [5, 5.41) is 0. The van der Waals surface area contributed by atoms with Crippen LogP contribution in [0.4, 0.5) is 0 Å². The van der Waals surface area contributed by atoms with E-state index in [0.29, 0.717) is 36.4 Å². The highest BCUT2D eigenvalue weighted by molar-refractivity contribution is 6.07. The van der Waals surface area contributed by atoms with Gasteiger partial charge in [0, 0.05) is 5.56 Å². The van der Waals surface area contributed by atoms with E-state index in [0.717, 1.165) is 53.6 Å². The van der Waals surface area contributed by atoms with Gasteiger partial charge in [0.15, 0.2) is 51.8 Å². The molecule has 0 amide bonds. The molecule has 0 fully saturated rings. The molecule has 4 aromatic rings. The quantitative estimate of drug-likeness (QED) is 0.183. The predicted octanol–water partition coefficient (Wildman–Crippen LogP) is 6.36. The van der Waals surface area contributed by atoms with Crippen molar-refractivity contribution in [1.82, 2.24) is 0 Å². The summed E-state index contributed by atoms with van der Waals surface area (Å²) in [6, 6.07) is 23.0. The molecule has 0 bridgehead atoms. The van der Waals surface area contributed by atoms with Gasteiger partial charge in [-0.2, -0.15) is 0 Å². The number of hydrogen-bond donors (Lipinski definition) is 0. The van der Waals surface area contributed by atoms with Crippen LogP contribution in [0.15, 0.2) is 78.9 Å². The van der Waals surface area contributed by atoms with Crippen LogP contribution in [0.1, 0.15) is 33.5 Å². The molecule has 0 unspecified atom stereocenters. The van der Waals surface area contributed by atoms with E-state index >= 15 is 0 Å². The third kappa shape index (κ3) is 6.01. The van der Waals surface area contributed by atoms with Gasteiger partial charge in [-0.05, 0) is 96.6 Å². The number of aryl methyl sites for hydroxylation is 2. The first-order valence-electron chi connectivity index (χ1n) is 14.0. The SMILES string of the molecule is O=C(C=Cc1ccc2c(c1)OCO2)c1ccc2c(c1)OCO2.c1cc2c(cc1CCCc1ccc3c(c1)OCO3)OCO2. The standard InChI is InChI=1S/C17H12O5.C17H16O4/c18-13(12-3-6-15-17(8-12)22-10-20-15)4-1-11-2-5-14-16(7-11)21-9-19-14;1(2-12-4-6-14-16(8-12)20-10-18-14)3-13-5-7-15-17(9-13)21-11-19-15/h1-8H,9-10H2;4-9H,1-3,10-11H2. The van der Waals surface area contributed by atoms with Crippen molar-refractivity contribution in [3.05, 3.63) is 101 Å². The third-order valence-corrected chi connectivity index (χ3v) is 7.29. The lowest BCUT2D eigenvalue weighted by atomic mass is 10.0. The fourth-order valence-corrected chi connectivity index (χ4v) is 5.02. The molecule has 0 aliphatic carbocycles. The van der Waals surface area contributed by atoms with Gasteiger partial charge in [0.05, 0.1) is 0 Å². The van der Waals surface area contributed by atoms with E-state index in [4.69, 9.17) is 37.9 Å². The first-order valence-corrected chi connectivity index (χ1v) is 14.0. The highest BCUT2D eigenvalue weighted by Gasteiger charge is 2.17. The molecule has 4 heterocycles. The molecule has 4 aromatic carbocycles. The minimum Gasteiger partial charge on any atom is -0.454 e. The first-order chi connectivity index (χ1) is 21.2. The molecular formula is C34H28O9. The topological polar surface area (TPSA) is 90.9 Å². The summed E-state index contributed by atoms with van der Waals surface area (Å²) in [4.78, 5) is 12.2. The Hall–Kier alpha value is -5.31. The molecule has 0 aromatic heterocycles. The number of carbonyl (C=O) groups excluding carboxylic acids is 1. The monoisotopic (exact) mass is 580 g/mol. The molecule has 218 valence electrons. The fraction of sp³-hybridized carbons (Fsp3) is 0.206. The summed E-state index contributed by atoms with van der Waals surface area (Å²) in [5.41, 5.74) is 3.99. The van der Waals surface area contributed by atoms with Gasteiger partial charge < -0.3 is 37.9 Å². The molecule has 0 radical (unpaired) electrons. The number of fused-ring (bicyclic) bond motifs is 4. The summed E-state index contributed by atoms with van der Waals surface area (Å²) in [5.74, 6) is 5.97. The molecule has 0 atom stereocenters. The number of ether oxygens (including phenoxy) is 8. The Kier molecular flexibility index (Phi) is 7.35. The maximum atomic E-state index is 12.2. The molecule has 8 rings (SSSR count). The predicted molar refractivity (Wildman–Crippen MR) is 156 cm³/mol. The minimum absolute atomic E-state index is 0.101. The average Bonchev–Trinajstić information content (AvgIpc) is 3.86. The van der Waals surface area contributed by atoms with Crippen molar-refractivity contribution < 1.29 is 42.7 Å².